The van der Waals surface area contributed by atoms with Gasteiger partial charge in [0.1, 0.15) is 17.5 Å². The van der Waals surface area contributed by atoms with Gasteiger partial charge >= 0.3 is 0 Å². The Labute approximate surface area is 117 Å². The molecule has 0 amide bonds. The highest BCUT2D eigenvalue weighted by Crippen LogP contribution is 2.36. The molecule has 6 heteroatoms. The molecule has 0 spiro atoms. The molecule has 1 fully saturated rings. The Morgan fingerprint density at radius 1 is 1.15 bits per heavy atom. The van der Waals surface area contributed by atoms with E-state index in [1.807, 2.05) is 0 Å². The predicted octanol–water partition coefficient (Wildman–Crippen LogP) is 1.92. The van der Waals surface area contributed by atoms with Gasteiger partial charge in [-0.3, -0.25) is 4.90 Å². The minimum Gasteiger partial charge on any atom is -0.497 e. The van der Waals surface area contributed by atoms with Crippen molar-refractivity contribution in [2.45, 2.75) is 12.5 Å². The summed E-state index contributed by atoms with van der Waals surface area (Å²) >= 11 is 0. The maximum atomic E-state index is 13.6. The minimum absolute atomic E-state index is 0.467. The van der Waals surface area contributed by atoms with E-state index in [0.29, 0.717) is 30.2 Å². The number of methoxy groups -OCH3 is 2. The molecule has 0 bridgehead atoms. The molecular weight excluding hydrogens is 266 g/mol. The Bertz CT molecular complexity index is 437. The minimum atomic E-state index is -2.48. The maximum absolute atomic E-state index is 13.6. The first-order valence-corrected chi connectivity index (χ1v) is 6.62. The SMILES string of the molecule is COc1ccc(OC)c([C@@H](C(F)F)N2CCNCC2)c1. The topological polar surface area (TPSA) is 33.7 Å². The molecular formula is C14H20F2N2O2. The van der Waals surface area contributed by atoms with Gasteiger partial charge in [-0.25, -0.2) is 8.78 Å². The fourth-order valence-corrected chi connectivity index (χ4v) is 2.52. The van der Waals surface area contributed by atoms with Crippen LogP contribution < -0.4 is 14.8 Å². The molecule has 1 aromatic rings. The van der Waals surface area contributed by atoms with Crippen LogP contribution in [0.1, 0.15) is 11.6 Å². The van der Waals surface area contributed by atoms with E-state index in [1.54, 1.807) is 23.1 Å². The average molecular weight is 286 g/mol. The number of nitrogens with zero attached hydrogens (tertiary/aromatic N) is 1. The number of nitrogens with one attached hydrogen (secondary N) is 1. The number of hydrogen-bond donors (Lipinski definition) is 1. The summed E-state index contributed by atoms with van der Waals surface area (Å²) in [6.45, 7) is 2.62. The van der Waals surface area contributed by atoms with E-state index in [0.717, 1.165) is 13.1 Å². The zero-order valence-electron chi connectivity index (χ0n) is 11.7. The molecule has 1 aliphatic heterocycles. The fraction of sp³-hybridized carbons (Fsp3) is 0.571. The van der Waals surface area contributed by atoms with Crippen LogP contribution in [-0.4, -0.2) is 51.7 Å². The molecule has 112 valence electrons. The average Bonchev–Trinajstić information content (AvgIpc) is 2.48. The van der Waals surface area contributed by atoms with Crippen LogP contribution in [0.2, 0.25) is 0 Å². The van der Waals surface area contributed by atoms with Crippen LogP contribution in [-0.2, 0) is 0 Å². The summed E-state index contributed by atoms with van der Waals surface area (Å²) in [6, 6.07) is 4.05. The van der Waals surface area contributed by atoms with Crippen molar-refractivity contribution in [3.05, 3.63) is 23.8 Å². The highest BCUT2D eigenvalue weighted by molar-refractivity contribution is 5.42. The summed E-state index contributed by atoms with van der Waals surface area (Å²) < 4.78 is 37.5. The van der Waals surface area contributed by atoms with Gasteiger partial charge < -0.3 is 14.8 Å². The van der Waals surface area contributed by atoms with Crippen molar-refractivity contribution in [2.75, 3.05) is 40.4 Å². The Morgan fingerprint density at radius 2 is 1.85 bits per heavy atom. The lowest BCUT2D eigenvalue weighted by atomic mass is 10.0. The lowest BCUT2D eigenvalue weighted by molar-refractivity contribution is 0.0169. The third kappa shape index (κ3) is 3.19. The van der Waals surface area contributed by atoms with E-state index in [-0.39, 0.29) is 0 Å². The number of halogens is 2. The lowest BCUT2D eigenvalue weighted by Gasteiger charge is -2.35. The standard InChI is InChI=1S/C14H20F2N2O2/c1-19-10-3-4-12(20-2)11(9-10)13(14(15)16)18-7-5-17-6-8-18/h3-4,9,13-14,17H,5-8H2,1-2H3/t13-/m0/s1. The zero-order chi connectivity index (χ0) is 14.5. The van der Waals surface area contributed by atoms with Crippen LogP contribution in [0, 0.1) is 0 Å². The second-order valence-electron chi connectivity index (χ2n) is 4.67. The number of piperazine rings is 1. The van der Waals surface area contributed by atoms with Crippen LogP contribution in [0.3, 0.4) is 0 Å². The molecule has 1 aliphatic rings. The van der Waals surface area contributed by atoms with Gasteiger partial charge in [-0.05, 0) is 18.2 Å². The van der Waals surface area contributed by atoms with Gasteiger partial charge in [-0.2, -0.15) is 0 Å². The molecule has 1 saturated heterocycles. The monoisotopic (exact) mass is 286 g/mol. The quantitative estimate of drug-likeness (QED) is 0.896. The van der Waals surface area contributed by atoms with E-state index < -0.39 is 12.5 Å². The molecule has 2 rings (SSSR count). The van der Waals surface area contributed by atoms with Gasteiger partial charge in [-0.15, -0.1) is 0 Å². The van der Waals surface area contributed by atoms with Gasteiger partial charge in [0.25, 0.3) is 6.43 Å². The summed E-state index contributed by atoms with van der Waals surface area (Å²) in [5.41, 5.74) is 0.476. The summed E-state index contributed by atoms with van der Waals surface area (Å²) in [7, 11) is 3.01. The van der Waals surface area contributed by atoms with Crippen molar-refractivity contribution in [3.8, 4) is 11.5 Å². The number of alkyl halides is 2. The van der Waals surface area contributed by atoms with Crippen LogP contribution in [0.4, 0.5) is 8.78 Å². The molecule has 1 heterocycles. The lowest BCUT2D eigenvalue weighted by Crippen LogP contribution is -2.47. The van der Waals surface area contributed by atoms with Crippen LogP contribution >= 0.6 is 0 Å². The van der Waals surface area contributed by atoms with Gasteiger partial charge in [0.05, 0.1) is 14.2 Å². The smallest absolute Gasteiger partial charge is 0.258 e. The zero-order valence-corrected chi connectivity index (χ0v) is 11.7. The Balaban J connectivity index is 2.36. The molecule has 0 aromatic heterocycles. The van der Waals surface area contributed by atoms with Gasteiger partial charge in [0.15, 0.2) is 0 Å². The van der Waals surface area contributed by atoms with Gasteiger partial charge in [-0.1, -0.05) is 0 Å². The summed E-state index contributed by atoms with van der Waals surface area (Å²) in [6.07, 6.45) is -2.48. The van der Waals surface area contributed by atoms with Crippen molar-refractivity contribution >= 4 is 0 Å². The summed E-state index contributed by atoms with van der Waals surface area (Å²) in [5, 5.41) is 3.17. The highest BCUT2D eigenvalue weighted by Gasteiger charge is 2.32. The van der Waals surface area contributed by atoms with E-state index in [9.17, 15) is 8.78 Å². The largest absolute Gasteiger partial charge is 0.497 e. The van der Waals surface area contributed by atoms with Crippen LogP contribution in [0.15, 0.2) is 18.2 Å². The van der Waals surface area contributed by atoms with Crippen molar-refractivity contribution in [2.24, 2.45) is 0 Å². The molecule has 4 nitrogen and oxygen atoms in total. The van der Waals surface area contributed by atoms with Crippen molar-refractivity contribution in [3.63, 3.8) is 0 Å². The van der Waals surface area contributed by atoms with E-state index in [4.69, 9.17) is 9.47 Å². The van der Waals surface area contributed by atoms with Crippen LogP contribution in [0.25, 0.3) is 0 Å². The maximum Gasteiger partial charge on any atom is 0.258 e. The Morgan fingerprint density at radius 3 is 2.40 bits per heavy atom. The second kappa shape index (κ2) is 6.85. The first-order chi connectivity index (χ1) is 9.67. The van der Waals surface area contributed by atoms with Crippen molar-refractivity contribution in [1.82, 2.24) is 10.2 Å². The van der Waals surface area contributed by atoms with Crippen LogP contribution in [0.5, 0.6) is 11.5 Å². The van der Waals surface area contributed by atoms with E-state index in [1.165, 1.54) is 14.2 Å². The molecule has 1 aromatic carbocycles. The normalized spacial score (nSPS) is 18.1. The third-order valence-electron chi connectivity index (χ3n) is 3.54. The van der Waals surface area contributed by atoms with Crippen molar-refractivity contribution < 1.29 is 18.3 Å². The highest BCUT2D eigenvalue weighted by atomic mass is 19.3. The molecule has 1 N–H and O–H groups in total. The molecule has 0 unspecified atom stereocenters. The second-order valence-corrected chi connectivity index (χ2v) is 4.67. The third-order valence-corrected chi connectivity index (χ3v) is 3.54. The Hall–Kier alpha value is -1.40. The first kappa shape index (κ1) is 15.0. The molecule has 0 saturated carbocycles. The predicted molar refractivity (Wildman–Crippen MR) is 72.7 cm³/mol. The number of benzene rings is 1. The number of rotatable bonds is 5. The number of ether oxygens (including phenoxy) is 2. The van der Waals surface area contributed by atoms with Gasteiger partial charge in [0.2, 0.25) is 0 Å². The molecule has 0 aliphatic carbocycles. The molecule has 20 heavy (non-hydrogen) atoms. The first-order valence-electron chi connectivity index (χ1n) is 6.62. The molecule has 0 radical (unpaired) electrons. The Kier molecular flexibility index (Phi) is 5.14. The fourth-order valence-electron chi connectivity index (χ4n) is 2.52. The van der Waals surface area contributed by atoms with E-state index >= 15 is 0 Å². The molecule has 1 atom stereocenters. The van der Waals surface area contributed by atoms with Gasteiger partial charge in [0, 0.05) is 31.7 Å². The van der Waals surface area contributed by atoms with E-state index in [2.05, 4.69) is 5.32 Å². The van der Waals surface area contributed by atoms with Crippen molar-refractivity contribution in [1.29, 1.82) is 0 Å². The summed E-state index contributed by atoms with van der Waals surface area (Å²) in [5.74, 6) is 1.02. The summed E-state index contributed by atoms with van der Waals surface area (Å²) in [4.78, 5) is 1.79. The number of hydrogen-bond acceptors (Lipinski definition) is 4.